The summed E-state index contributed by atoms with van der Waals surface area (Å²) in [7, 11) is 0. The van der Waals surface area contributed by atoms with E-state index in [4.69, 9.17) is 11.6 Å². The molecule has 0 spiro atoms. The number of rotatable bonds is 3. The monoisotopic (exact) mass is 303 g/mol. The molecule has 100 valence electrons. The van der Waals surface area contributed by atoms with E-state index in [0.29, 0.717) is 11.1 Å². The van der Waals surface area contributed by atoms with Crippen LogP contribution in [0.4, 0.5) is 0 Å². The van der Waals surface area contributed by atoms with Crippen LogP contribution in [0.1, 0.15) is 5.56 Å². The van der Waals surface area contributed by atoms with Gasteiger partial charge in [-0.15, -0.1) is 0 Å². The number of hydrogen-bond acceptors (Lipinski definition) is 5. The van der Waals surface area contributed by atoms with E-state index < -0.39 is 0 Å². The van der Waals surface area contributed by atoms with Gasteiger partial charge in [0.1, 0.15) is 0 Å². The molecular formula is C13H10ClN5S. The van der Waals surface area contributed by atoms with Crippen molar-refractivity contribution in [3.05, 3.63) is 53.6 Å². The van der Waals surface area contributed by atoms with Crippen LogP contribution in [0.3, 0.4) is 0 Å². The van der Waals surface area contributed by atoms with Crippen molar-refractivity contribution in [2.24, 2.45) is 0 Å². The van der Waals surface area contributed by atoms with Crippen LogP contribution in [0.15, 0.2) is 52.8 Å². The first-order valence-corrected chi connectivity index (χ1v) is 7.06. The first-order valence-electron chi connectivity index (χ1n) is 5.87. The number of aryl methyl sites for hydroxylation is 1. The summed E-state index contributed by atoms with van der Waals surface area (Å²) in [4.78, 5) is 13.6. The smallest absolute Gasteiger partial charge is 0.206 e. The van der Waals surface area contributed by atoms with E-state index in [2.05, 4.69) is 26.1 Å². The van der Waals surface area contributed by atoms with Crippen molar-refractivity contribution in [3.63, 3.8) is 0 Å². The van der Waals surface area contributed by atoms with E-state index in [9.17, 15) is 0 Å². The third-order valence-corrected chi connectivity index (χ3v) is 3.51. The number of aromatic nitrogens is 5. The molecule has 0 aliphatic carbocycles. The molecule has 0 fully saturated rings. The second-order valence-electron chi connectivity index (χ2n) is 4.06. The Kier molecular flexibility index (Phi) is 3.66. The Morgan fingerprint density at radius 3 is 2.80 bits per heavy atom. The van der Waals surface area contributed by atoms with Crippen LogP contribution in [0, 0.1) is 6.92 Å². The molecule has 5 nitrogen and oxygen atoms in total. The fourth-order valence-corrected chi connectivity index (χ4v) is 2.71. The molecule has 2 aromatic heterocycles. The SMILES string of the molecule is Cc1cccc(Sc2nc(Cl)nc(-n3cccn3)n2)c1. The Labute approximate surface area is 125 Å². The normalized spacial score (nSPS) is 10.7. The second-order valence-corrected chi connectivity index (χ2v) is 5.43. The third kappa shape index (κ3) is 2.97. The highest BCUT2D eigenvalue weighted by atomic mass is 35.5. The highest BCUT2D eigenvalue weighted by Crippen LogP contribution is 2.26. The molecule has 3 rings (SSSR count). The summed E-state index contributed by atoms with van der Waals surface area (Å²) in [6.07, 6.45) is 3.41. The maximum atomic E-state index is 5.95. The topological polar surface area (TPSA) is 56.5 Å². The van der Waals surface area contributed by atoms with Gasteiger partial charge in [0.2, 0.25) is 5.28 Å². The van der Waals surface area contributed by atoms with Gasteiger partial charge in [0.15, 0.2) is 5.16 Å². The summed E-state index contributed by atoms with van der Waals surface area (Å²) in [5, 5.41) is 4.78. The Morgan fingerprint density at radius 1 is 1.15 bits per heavy atom. The molecule has 0 bridgehead atoms. The van der Waals surface area contributed by atoms with Gasteiger partial charge in [-0.1, -0.05) is 17.7 Å². The van der Waals surface area contributed by atoms with E-state index in [1.54, 1.807) is 23.1 Å². The molecule has 0 atom stereocenters. The first kappa shape index (κ1) is 13.1. The van der Waals surface area contributed by atoms with Gasteiger partial charge in [-0.05, 0) is 48.5 Å². The Hall–Kier alpha value is -1.92. The Balaban J connectivity index is 1.94. The van der Waals surface area contributed by atoms with Gasteiger partial charge in [0.25, 0.3) is 5.95 Å². The number of halogens is 1. The molecule has 0 radical (unpaired) electrons. The van der Waals surface area contributed by atoms with Crippen LogP contribution in [0.25, 0.3) is 5.95 Å². The highest BCUT2D eigenvalue weighted by Gasteiger charge is 2.08. The summed E-state index contributed by atoms with van der Waals surface area (Å²) < 4.78 is 1.55. The third-order valence-electron chi connectivity index (χ3n) is 2.48. The van der Waals surface area contributed by atoms with Crippen molar-refractivity contribution < 1.29 is 0 Å². The van der Waals surface area contributed by atoms with Crippen molar-refractivity contribution in [1.29, 1.82) is 0 Å². The van der Waals surface area contributed by atoms with Crippen LogP contribution in [0.5, 0.6) is 0 Å². The number of nitrogens with zero attached hydrogens (tertiary/aromatic N) is 5. The average molecular weight is 304 g/mol. The molecule has 7 heteroatoms. The minimum atomic E-state index is 0.153. The molecule has 20 heavy (non-hydrogen) atoms. The minimum absolute atomic E-state index is 0.153. The standard InChI is InChI=1S/C13H10ClN5S/c1-9-4-2-5-10(8-9)20-13-17-11(14)16-12(18-13)19-7-3-6-15-19/h2-8H,1H3. The molecule has 0 N–H and O–H groups in total. The summed E-state index contributed by atoms with van der Waals surface area (Å²) in [6.45, 7) is 2.04. The first-order chi connectivity index (χ1) is 9.70. The predicted octanol–water partition coefficient (Wildman–Crippen LogP) is 3.17. The minimum Gasteiger partial charge on any atom is -0.206 e. The summed E-state index contributed by atoms with van der Waals surface area (Å²) in [5.74, 6) is 0.408. The van der Waals surface area contributed by atoms with Crippen LogP contribution in [0.2, 0.25) is 5.28 Å². The number of hydrogen-bond donors (Lipinski definition) is 0. The van der Waals surface area contributed by atoms with E-state index in [-0.39, 0.29) is 5.28 Å². The summed E-state index contributed by atoms with van der Waals surface area (Å²) in [6, 6.07) is 9.90. The molecule has 0 aliphatic rings. The van der Waals surface area contributed by atoms with Crippen molar-refractivity contribution in [2.45, 2.75) is 17.0 Å². The van der Waals surface area contributed by atoms with Crippen molar-refractivity contribution in [3.8, 4) is 5.95 Å². The lowest BCUT2D eigenvalue weighted by molar-refractivity contribution is 0.759. The van der Waals surface area contributed by atoms with Crippen LogP contribution in [-0.2, 0) is 0 Å². The molecule has 0 unspecified atom stereocenters. The molecule has 0 amide bonds. The largest absolute Gasteiger partial charge is 0.255 e. The zero-order chi connectivity index (χ0) is 13.9. The molecule has 0 saturated carbocycles. The van der Waals surface area contributed by atoms with Crippen molar-refractivity contribution in [2.75, 3.05) is 0 Å². The zero-order valence-electron chi connectivity index (χ0n) is 10.6. The molecule has 1 aromatic carbocycles. The zero-order valence-corrected chi connectivity index (χ0v) is 12.1. The highest BCUT2D eigenvalue weighted by molar-refractivity contribution is 7.99. The molecular weight excluding hydrogens is 294 g/mol. The van der Waals surface area contributed by atoms with Gasteiger partial charge in [-0.3, -0.25) is 0 Å². The fraction of sp³-hybridized carbons (Fsp3) is 0.0769. The van der Waals surface area contributed by atoms with Gasteiger partial charge in [0, 0.05) is 17.3 Å². The Bertz CT molecular complexity index is 729. The fourth-order valence-electron chi connectivity index (χ4n) is 1.64. The summed E-state index contributed by atoms with van der Waals surface area (Å²) >= 11 is 7.39. The van der Waals surface area contributed by atoms with Crippen LogP contribution < -0.4 is 0 Å². The lowest BCUT2D eigenvalue weighted by Gasteiger charge is -2.04. The van der Waals surface area contributed by atoms with E-state index >= 15 is 0 Å². The summed E-state index contributed by atoms with van der Waals surface area (Å²) in [5.41, 5.74) is 1.18. The van der Waals surface area contributed by atoms with Gasteiger partial charge >= 0.3 is 0 Å². The van der Waals surface area contributed by atoms with E-state index in [0.717, 1.165) is 4.90 Å². The van der Waals surface area contributed by atoms with Gasteiger partial charge in [0.05, 0.1) is 0 Å². The second kappa shape index (κ2) is 5.60. The number of benzene rings is 1. The average Bonchev–Trinajstić information content (AvgIpc) is 2.91. The van der Waals surface area contributed by atoms with E-state index in [1.165, 1.54) is 17.3 Å². The Morgan fingerprint density at radius 2 is 2.05 bits per heavy atom. The molecule has 3 aromatic rings. The lowest BCUT2D eigenvalue weighted by Crippen LogP contribution is -2.04. The molecule has 0 saturated heterocycles. The van der Waals surface area contributed by atoms with Crippen molar-refractivity contribution in [1.82, 2.24) is 24.7 Å². The quantitative estimate of drug-likeness (QED) is 0.744. The lowest BCUT2D eigenvalue weighted by atomic mass is 10.2. The van der Waals surface area contributed by atoms with E-state index in [1.807, 2.05) is 25.1 Å². The van der Waals surface area contributed by atoms with Gasteiger partial charge < -0.3 is 0 Å². The van der Waals surface area contributed by atoms with Crippen LogP contribution >= 0.6 is 23.4 Å². The van der Waals surface area contributed by atoms with Crippen molar-refractivity contribution >= 4 is 23.4 Å². The van der Waals surface area contributed by atoms with Gasteiger partial charge in [-0.25, -0.2) is 4.68 Å². The van der Waals surface area contributed by atoms with Crippen LogP contribution in [-0.4, -0.2) is 24.7 Å². The predicted molar refractivity (Wildman–Crippen MR) is 77.3 cm³/mol. The molecule has 0 aliphatic heterocycles. The maximum Gasteiger partial charge on any atom is 0.255 e. The molecule has 2 heterocycles. The maximum absolute atomic E-state index is 5.95. The van der Waals surface area contributed by atoms with Gasteiger partial charge in [-0.2, -0.15) is 20.1 Å².